The zero-order valence-corrected chi connectivity index (χ0v) is 46.8. The van der Waals surface area contributed by atoms with Crippen LogP contribution < -0.4 is 29.6 Å². The van der Waals surface area contributed by atoms with Crippen molar-refractivity contribution in [3.05, 3.63) is 85.0 Å². The molecule has 402 valence electrons. The molecule has 0 aliphatic heterocycles. The first-order valence-corrected chi connectivity index (χ1v) is 24.7. The highest BCUT2D eigenvalue weighted by atomic mass is 17.4. The zero-order chi connectivity index (χ0) is 53.8. The van der Waals surface area contributed by atoms with Gasteiger partial charge in [-0.05, 0) is 168 Å². The highest BCUT2D eigenvalue weighted by Gasteiger charge is 2.40. The van der Waals surface area contributed by atoms with E-state index in [1.807, 2.05) is 20.8 Å². The number of hydrogen-bond acceptors (Lipinski definition) is 15. The van der Waals surface area contributed by atoms with Crippen molar-refractivity contribution in [1.82, 2.24) is 0 Å². The molecule has 0 heterocycles. The Morgan fingerprint density at radius 3 is 0.657 bits per heavy atom. The van der Waals surface area contributed by atoms with Crippen LogP contribution in [0.25, 0.3) is 0 Å². The molecule has 0 atom stereocenters. The minimum atomic E-state index is -2.92. The molecular formula is C51H90BN3O15. The normalized spacial score (nSPS) is 11.5. The van der Waals surface area contributed by atoms with E-state index < -0.39 is 22.7 Å². The lowest BCUT2D eigenvalue weighted by molar-refractivity contribution is -1.45. The summed E-state index contributed by atoms with van der Waals surface area (Å²) in [6, 6.07) is 6.20. The fourth-order valence-corrected chi connectivity index (χ4v) is 8.43. The summed E-state index contributed by atoms with van der Waals surface area (Å²) in [7, 11) is 5.98. The number of nitrogens with zero attached hydrogens (tertiary/aromatic N) is 3. The molecule has 0 amide bonds. The fourth-order valence-electron chi connectivity index (χ4n) is 8.43. The number of aryl methyl sites for hydroxylation is 3. The van der Waals surface area contributed by atoms with Crippen molar-refractivity contribution in [3.8, 4) is 17.2 Å². The monoisotopic (exact) mass is 996 g/mol. The van der Waals surface area contributed by atoms with Crippen LogP contribution in [0.3, 0.4) is 0 Å². The van der Waals surface area contributed by atoms with Crippen LogP contribution in [0.15, 0.2) is 18.2 Å². The second-order valence-corrected chi connectivity index (χ2v) is 15.3. The Kier molecular flexibility index (Phi) is 32.3. The second kappa shape index (κ2) is 34.0. The first-order chi connectivity index (χ1) is 33.3. The van der Waals surface area contributed by atoms with Crippen LogP contribution in [0.5, 0.6) is 17.2 Å². The third-order valence-corrected chi connectivity index (χ3v) is 11.7. The van der Waals surface area contributed by atoms with Gasteiger partial charge in [0.2, 0.25) is 17.2 Å². The van der Waals surface area contributed by atoms with Crippen LogP contribution in [-0.4, -0.2) is 85.2 Å². The van der Waals surface area contributed by atoms with E-state index in [-0.39, 0.29) is 0 Å². The lowest BCUT2D eigenvalue weighted by Crippen LogP contribution is -2.56. The summed E-state index contributed by atoms with van der Waals surface area (Å²) >= 11 is 0. The standard InChI is InChI=1S/3C17H30NO4.BO3/c3*1-8-14-12-17(13(5)15(9-2)16(14)10-3)22-18(19-6,20-7)21-11-4;2-1(3)4/h3*12H,8-11H2,1-7H3;/q3*+1;-3. The average Bonchev–Trinajstić information content (AvgIpc) is 3.36. The number of benzene rings is 3. The summed E-state index contributed by atoms with van der Waals surface area (Å²) in [5.41, 5.74) is 15.4. The topological polar surface area (TPSA) is 180 Å². The van der Waals surface area contributed by atoms with Crippen molar-refractivity contribution in [3.63, 3.8) is 0 Å². The minimum Gasteiger partial charge on any atom is -0.907 e. The Bertz CT molecular complexity index is 1730. The van der Waals surface area contributed by atoms with E-state index in [1.54, 1.807) is 0 Å². The predicted octanol–water partition coefficient (Wildman–Crippen LogP) is 7.65. The highest BCUT2D eigenvalue weighted by molar-refractivity contribution is 6.24. The van der Waals surface area contributed by atoms with Gasteiger partial charge < -0.3 is 15.1 Å². The molecular weight excluding hydrogens is 905 g/mol. The summed E-state index contributed by atoms with van der Waals surface area (Å²) in [6.45, 7) is 32.5. The Labute approximate surface area is 421 Å². The van der Waals surface area contributed by atoms with Crippen LogP contribution >= 0.6 is 0 Å². The maximum atomic E-state index is 8.42. The van der Waals surface area contributed by atoms with Gasteiger partial charge in [0.1, 0.15) is 62.5 Å². The zero-order valence-electron chi connectivity index (χ0n) is 46.8. The van der Waals surface area contributed by atoms with E-state index in [4.69, 9.17) is 73.1 Å². The van der Waals surface area contributed by atoms with Gasteiger partial charge in [0, 0.05) is 16.7 Å². The van der Waals surface area contributed by atoms with Gasteiger partial charge >= 0.3 is 0 Å². The van der Waals surface area contributed by atoms with Gasteiger partial charge in [0.15, 0.2) is 0 Å². The molecule has 3 rings (SSSR count). The number of rotatable bonds is 27. The summed E-state index contributed by atoms with van der Waals surface area (Å²) in [4.78, 5) is 65.7. The molecule has 0 unspecified atom stereocenters. The molecule has 0 bridgehead atoms. The quantitative estimate of drug-likeness (QED) is 0.0413. The molecule has 70 heavy (non-hydrogen) atoms. The van der Waals surface area contributed by atoms with Crippen LogP contribution in [0.1, 0.15) is 150 Å². The number of hydrogen-bond donors (Lipinski definition) is 0. The van der Waals surface area contributed by atoms with Crippen LogP contribution in [0, 0.1) is 20.8 Å². The van der Waals surface area contributed by atoms with Crippen LogP contribution in [0.2, 0.25) is 0 Å². The molecule has 0 saturated heterocycles. The lowest BCUT2D eigenvalue weighted by atomic mass is 9.91. The molecule has 0 spiro atoms. The van der Waals surface area contributed by atoms with E-state index in [9.17, 15) is 0 Å². The molecule has 0 aliphatic rings. The predicted molar refractivity (Wildman–Crippen MR) is 263 cm³/mol. The Morgan fingerprint density at radius 1 is 0.343 bits per heavy atom. The van der Waals surface area contributed by atoms with Gasteiger partial charge in [0.05, 0.1) is 0 Å². The third kappa shape index (κ3) is 18.2. The van der Waals surface area contributed by atoms with E-state index in [0.717, 1.165) is 91.7 Å². The first-order valence-electron chi connectivity index (χ1n) is 24.7. The summed E-state index contributed by atoms with van der Waals surface area (Å²) in [6.07, 6.45) is 8.84. The van der Waals surface area contributed by atoms with Gasteiger partial charge in [-0.25, -0.2) is 14.5 Å². The largest absolute Gasteiger partial charge is 0.907 e. The molecule has 0 N–H and O–H groups in total. The Hall–Kier alpha value is -3.48. The average molecular weight is 996 g/mol. The lowest BCUT2D eigenvalue weighted by Gasteiger charge is -2.35. The first kappa shape index (κ1) is 66.5. The molecule has 18 nitrogen and oxygen atoms in total. The highest BCUT2D eigenvalue weighted by Crippen LogP contribution is 2.35. The van der Waals surface area contributed by atoms with Gasteiger partial charge in [-0.1, -0.05) is 106 Å². The number of quaternary nitrogens is 3. The Balaban J connectivity index is 0.000000980. The van der Waals surface area contributed by atoms with Crippen molar-refractivity contribution in [2.45, 2.75) is 162 Å². The van der Waals surface area contributed by atoms with Gasteiger partial charge in [-0.15, -0.1) is 0 Å². The summed E-state index contributed by atoms with van der Waals surface area (Å²) in [5, 5.41) is 22.9. The van der Waals surface area contributed by atoms with Crippen molar-refractivity contribution in [1.29, 1.82) is 0 Å². The summed E-state index contributed by atoms with van der Waals surface area (Å²) in [5.74, 6) is 2.18. The van der Waals surface area contributed by atoms with E-state index in [2.05, 4.69) is 101 Å². The van der Waals surface area contributed by atoms with Crippen LogP contribution in [-0.2, 0) is 101 Å². The molecule has 3 aromatic carbocycles. The summed E-state index contributed by atoms with van der Waals surface area (Å²) < 4.78 is 0. The molecule has 19 heteroatoms. The fraction of sp³-hybridized carbons (Fsp3) is 0.647. The van der Waals surface area contributed by atoms with Crippen molar-refractivity contribution < 1.29 is 88.5 Å². The van der Waals surface area contributed by atoms with Gasteiger partial charge in [0.25, 0.3) is 15.4 Å². The maximum absolute atomic E-state index is 8.42. The van der Waals surface area contributed by atoms with Crippen molar-refractivity contribution in [2.24, 2.45) is 0 Å². The van der Waals surface area contributed by atoms with E-state index >= 15 is 0 Å². The molecule has 3 aromatic rings. The van der Waals surface area contributed by atoms with E-state index in [1.165, 1.54) is 92.7 Å². The molecule has 0 radical (unpaired) electrons. The van der Waals surface area contributed by atoms with Gasteiger partial charge in [-0.3, -0.25) is 7.32 Å². The minimum absolute atomic E-state index is 0.398. The molecule has 0 aliphatic carbocycles. The van der Waals surface area contributed by atoms with Gasteiger partial charge in [-0.2, -0.15) is 0 Å². The second-order valence-electron chi connectivity index (χ2n) is 15.3. The SMILES string of the molecule is CCO[N+](OC)(OC)Oc1cc(CC)c(CC)c(CC)c1C.CCO[N+](OC)(OC)Oc1cc(CC)c(CC)c(CC)c1C.CCO[N+](OC)(OC)Oc1cc(CC)c(CC)c(CC)c1C.[O-]B([O-])[O-]. The maximum Gasteiger partial charge on any atom is 0.290 e. The Morgan fingerprint density at radius 2 is 0.529 bits per heavy atom. The molecule has 0 fully saturated rings. The van der Waals surface area contributed by atoms with Crippen molar-refractivity contribution in [2.75, 3.05) is 62.5 Å². The van der Waals surface area contributed by atoms with Crippen molar-refractivity contribution >= 4 is 7.32 Å². The molecule has 0 aromatic heterocycles. The van der Waals surface area contributed by atoms with Crippen LogP contribution in [0.4, 0.5) is 0 Å². The smallest absolute Gasteiger partial charge is 0.290 e. The third-order valence-electron chi connectivity index (χ3n) is 11.7. The van der Waals surface area contributed by atoms with E-state index in [0.29, 0.717) is 19.8 Å². The molecule has 0 saturated carbocycles.